The Bertz CT molecular complexity index is 1890. The summed E-state index contributed by atoms with van der Waals surface area (Å²) in [7, 11) is 0. The highest BCUT2D eigenvalue weighted by Gasteiger charge is 2.23. The molecule has 52 heavy (non-hydrogen) atoms. The third-order valence-corrected chi connectivity index (χ3v) is 9.97. The number of aliphatic carboxylic acids is 4. The van der Waals surface area contributed by atoms with Crippen LogP contribution in [0.5, 0.6) is 11.5 Å². The highest BCUT2D eigenvalue weighted by Crippen LogP contribution is 2.42. The van der Waals surface area contributed by atoms with Crippen molar-refractivity contribution in [2.45, 2.75) is 46.1 Å². The molecule has 2 saturated heterocycles. The fourth-order valence-corrected chi connectivity index (χ4v) is 7.33. The molecule has 13 nitrogen and oxygen atoms in total. The van der Waals surface area contributed by atoms with E-state index in [0.717, 1.165) is 63.6 Å². The SMILES string of the molecule is Cc1cc(C(=O)c2c(-c3ccc(OCCN4CCCC4)c(C)c3)sc3cc(O)ccc23)ccc1CN1CCCC1.O=C(O)C(=O)O.O=C(O)C(=O)O. The molecule has 276 valence electrons. The van der Waals surface area contributed by atoms with Crippen LogP contribution in [0, 0.1) is 13.8 Å². The van der Waals surface area contributed by atoms with E-state index in [2.05, 4.69) is 41.8 Å². The Labute approximate surface area is 304 Å². The van der Waals surface area contributed by atoms with Crippen molar-refractivity contribution in [3.8, 4) is 21.9 Å². The Morgan fingerprint density at radius 3 is 1.87 bits per heavy atom. The van der Waals surface area contributed by atoms with Crippen LogP contribution in [-0.2, 0) is 25.7 Å². The Balaban J connectivity index is 0.000000436. The molecule has 0 unspecified atom stereocenters. The number of nitrogens with zero attached hydrogens (tertiary/aromatic N) is 2. The first-order chi connectivity index (χ1) is 24.7. The molecule has 0 saturated carbocycles. The van der Waals surface area contributed by atoms with Crippen LogP contribution < -0.4 is 4.74 Å². The number of hydrogen-bond acceptors (Lipinski definition) is 10. The number of rotatable bonds is 9. The highest BCUT2D eigenvalue weighted by molar-refractivity contribution is 7.22. The standard InChI is InChI=1S/C34H38N2O3S.2C2H2O4/c1-23-19-25(7-8-27(23)22-36-15-5-6-16-36)33(38)32-29-11-10-28(37)21-31(29)40-34(32)26-9-12-30(24(2)20-26)39-18-17-35-13-3-4-14-35;2*3-1(4)2(5)6/h7-12,19-21,37H,3-6,13-18,22H2,1-2H3;2*(H,3,4)(H,5,6). The van der Waals surface area contributed by atoms with Gasteiger partial charge >= 0.3 is 23.9 Å². The van der Waals surface area contributed by atoms with Gasteiger partial charge in [-0.25, -0.2) is 19.2 Å². The van der Waals surface area contributed by atoms with Gasteiger partial charge in [0, 0.05) is 39.2 Å². The summed E-state index contributed by atoms with van der Waals surface area (Å²) in [4.78, 5) is 56.4. The quantitative estimate of drug-likeness (QED) is 0.107. The van der Waals surface area contributed by atoms with Gasteiger partial charge < -0.3 is 30.3 Å². The van der Waals surface area contributed by atoms with Crippen LogP contribution >= 0.6 is 11.3 Å². The van der Waals surface area contributed by atoms with Crippen molar-refractivity contribution in [1.82, 2.24) is 9.80 Å². The van der Waals surface area contributed by atoms with Crippen LogP contribution in [0.25, 0.3) is 20.5 Å². The van der Waals surface area contributed by atoms with E-state index < -0.39 is 23.9 Å². The molecular formula is C38H42N2O11S. The number of carbonyl (C=O) groups is 5. The van der Waals surface area contributed by atoms with E-state index >= 15 is 0 Å². The average molecular weight is 735 g/mol. The number of ketones is 1. The molecule has 0 amide bonds. The molecule has 0 aliphatic carbocycles. The van der Waals surface area contributed by atoms with Gasteiger partial charge in [0.2, 0.25) is 0 Å². The zero-order valence-corrected chi connectivity index (χ0v) is 29.8. The molecule has 0 radical (unpaired) electrons. The maximum absolute atomic E-state index is 14.1. The first-order valence-corrected chi connectivity index (χ1v) is 17.6. The number of hydrogen-bond donors (Lipinski definition) is 5. The molecule has 0 spiro atoms. The van der Waals surface area contributed by atoms with Gasteiger partial charge in [-0.05, 0) is 130 Å². The van der Waals surface area contributed by atoms with Gasteiger partial charge in [-0.15, -0.1) is 11.3 Å². The summed E-state index contributed by atoms with van der Waals surface area (Å²) in [5.74, 6) is -6.18. The van der Waals surface area contributed by atoms with Crippen LogP contribution in [0.1, 0.15) is 58.3 Å². The molecular weight excluding hydrogens is 692 g/mol. The number of carboxylic acid groups (broad SMARTS) is 4. The fourth-order valence-electron chi connectivity index (χ4n) is 6.10. The van der Waals surface area contributed by atoms with Crippen molar-refractivity contribution in [2.75, 3.05) is 39.3 Å². The Morgan fingerprint density at radius 2 is 1.31 bits per heavy atom. The van der Waals surface area contributed by atoms with Crippen LogP contribution in [0.2, 0.25) is 0 Å². The lowest BCUT2D eigenvalue weighted by molar-refractivity contribution is -0.159. The predicted molar refractivity (Wildman–Crippen MR) is 194 cm³/mol. The maximum Gasteiger partial charge on any atom is 0.414 e. The Hall–Kier alpha value is -5.31. The van der Waals surface area contributed by atoms with E-state index in [-0.39, 0.29) is 11.5 Å². The number of carbonyl (C=O) groups excluding carboxylic acids is 1. The van der Waals surface area contributed by atoms with Crippen LogP contribution in [0.4, 0.5) is 0 Å². The number of aromatic hydroxyl groups is 1. The molecule has 0 atom stereocenters. The molecule has 0 bridgehead atoms. The monoisotopic (exact) mass is 734 g/mol. The van der Waals surface area contributed by atoms with Gasteiger partial charge in [0.25, 0.3) is 0 Å². The second kappa shape index (κ2) is 18.3. The molecule has 2 fully saturated rings. The largest absolute Gasteiger partial charge is 0.508 e. The third-order valence-electron chi connectivity index (χ3n) is 8.76. The number of fused-ring (bicyclic) bond motifs is 1. The fraction of sp³-hybridized carbons (Fsp3) is 0.342. The molecule has 14 heteroatoms. The molecule has 1 aromatic heterocycles. The second-order valence-electron chi connectivity index (χ2n) is 12.5. The summed E-state index contributed by atoms with van der Waals surface area (Å²) in [6, 6.07) is 17.7. The topological polar surface area (TPSA) is 202 Å². The van der Waals surface area contributed by atoms with Gasteiger partial charge in [0.1, 0.15) is 18.1 Å². The first kappa shape index (κ1) is 39.5. The summed E-state index contributed by atoms with van der Waals surface area (Å²) in [6.07, 6.45) is 5.10. The van der Waals surface area contributed by atoms with Gasteiger partial charge in [-0.2, -0.15) is 0 Å². The van der Waals surface area contributed by atoms with E-state index in [0.29, 0.717) is 17.7 Å². The van der Waals surface area contributed by atoms with E-state index in [1.54, 1.807) is 23.5 Å². The predicted octanol–water partition coefficient (Wildman–Crippen LogP) is 5.50. The van der Waals surface area contributed by atoms with Crippen molar-refractivity contribution in [3.63, 3.8) is 0 Å². The van der Waals surface area contributed by atoms with E-state index in [4.69, 9.17) is 44.3 Å². The number of carboxylic acids is 4. The second-order valence-corrected chi connectivity index (χ2v) is 13.6. The van der Waals surface area contributed by atoms with Crippen LogP contribution in [0.15, 0.2) is 54.6 Å². The maximum atomic E-state index is 14.1. The summed E-state index contributed by atoms with van der Waals surface area (Å²) >= 11 is 1.56. The van der Waals surface area contributed by atoms with Crippen molar-refractivity contribution in [1.29, 1.82) is 0 Å². The first-order valence-electron chi connectivity index (χ1n) is 16.8. The summed E-state index contributed by atoms with van der Waals surface area (Å²) in [6.45, 7) is 11.4. The van der Waals surface area contributed by atoms with Crippen molar-refractivity contribution in [3.05, 3.63) is 82.4 Å². The highest BCUT2D eigenvalue weighted by atomic mass is 32.1. The number of phenolic OH excluding ortho intramolecular Hbond substituents is 1. The van der Waals surface area contributed by atoms with E-state index in [9.17, 15) is 9.90 Å². The lowest BCUT2D eigenvalue weighted by atomic mass is 9.94. The minimum Gasteiger partial charge on any atom is -0.508 e. The van der Waals surface area contributed by atoms with E-state index in [1.165, 1.54) is 44.3 Å². The number of thiophene rings is 1. The van der Waals surface area contributed by atoms with Crippen molar-refractivity contribution < 1.29 is 54.2 Å². The van der Waals surface area contributed by atoms with Gasteiger partial charge in [-0.3, -0.25) is 14.6 Å². The van der Waals surface area contributed by atoms with Gasteiger partial charge in [0.05, 0.1) is 0 Å². The number of likely N-dealkylation sites (tertiary alicyclic amines) is 2. The zero-order chi connectivity index (χ0) is 37.9. The summed E-state index contributed by atoms with van der Waals surface area (Å²) < 4.78 is 7.05. The number of ether oxygens (including phenoxy) is 1. The number of phenols is 1. The van der Waals surface area contributed by atoms with Crippen molar-refractivity contribution >= 4 is 51.1 Å². The minimum absolute atomic E-state index is 0.0198. The van der Waals surface area contributed by atoms with Crippen LogP contribution in [0.3, 0.4) is 0 Å². The van der Waals surface area contributed by atoms with Crippen molar-refractivity contribution in [2.24, 2.45) is 0 Å². The minimum atomic E-state index is -1.82. The molecule has 3 aromatic carbocycles. The zero-order valence-electron chi connectivity index (χ0n) is 29.0. The molecule has 6 rings (SSSR count). The molecule has 5 N–H and O–H groups in total. The van der Waals surface area contributed by atoms with E-state index in [1.807, 2.05) is 24.3 Å². The molecule has 2 aliphatic rings. The average Bonchev–Trinajstić information content (AvgIpc) is 3.88. The lowest BCUT2D eigenvalue weighted by Gasteiger charge is -2.17. The molecule has 2 aliphatic heterocycles. The number of benzene rings is 3. The number of aryl methyl sites for hydroxylation is 2. The summed E-state index contributed by atoms with van der Waals surface area (Å²) in [5, 5.41) is 40.6. The summed E-state index contributed by atoms with van der Waals surface area (Å²) in [5.41, 5.74) is 5.90. The van der Waals surface area contributed by atoms with Gasteiger partial charge in [-0.1, -0.05) is 12.1 Å². The lowest BCUT2D eigenvalue weighted by Crippen LogP contribution is -2.25. The smallest absolute Gasteiger partial charge is 0.414 e. The Morgan fingerprint density at radius 1 is 0.712 bits per heavy atom. The third kappa shape index (κ3) is 10.6. The molecule has 4 aromatic rings. The van der Waals surface area contributed by atoms with Gasteiger partial charge in [0.15, 0.2) is 5.78 Å². The molecule has 3 heterocycles. The van der Waals surface area contributed by atoms with Crippen LogP contribution in [-0.4, -0.2) is 104 Å². The normalized spacial score (nSPS) is 14.2. The Kier molecular flexibility index (Phi) is 13.9.